The lowest BCUT2D eigenvalue weighted by Gasteiger charge is -2.47. The molecule has 1 aliphatic carbocycles. The minimum absolute atomic E-state index is 0.0697. The van der Waals surface area contributed by atoms with Gasteiger partial charge in [-0.2, -0.15) is 0 Å². The normalized spacial score (nSPS) is 29.8. The average Bonchev–Trinajstić information content (AvgIpc) is 2.28. The Bertz CT molecular complexity index is 257. The van der Waals surface area contributed by atoms with Gasteiger partial charge in [0.2, 0.25) is 0 Å². The Morgan fingerprint density at radius 2 is 2.31 bits per heavy atom. The molecule has 92 valence electrons. The highest BCUT2D eigenvalue weighted by Crippen LogP contribution is 2.44. The molecule has 2 N–H and O–H groups in total. The van der Waals surface area contributed by atoms with Crippen LogP contribution >= 0.6 is 0 Å². The number of ether oxygens (including phenoxy) is 1. The summed E-state index contributed by atoms with van der Waals surface area (Å²) in [5.41, 5.74) is 5.73. The van der Waals surface area contributed by atoms with Gasteiger partial charge in [0, 0.05) is 25.0 Å². The number of nitrogens with two attached hydrogens (primary N) is 1. The number of carbonyl (C=O) groups excluding carboxylic acids is 1. The third-order valence-electron chi connectivity index (χ3n) is 4.34. The zero-order valence-electron chi connectivity index (χ0n) is 10.2. The number of rotatable bonds is 4. The molecule has 2 unspecified atom stereocenters. The summed E-state index contributed by atoms with van der Waals surface area (Å²) in [6.07, 6.45) is 6.28. The maximum atomic E-state index is 12.3. The third-order valence-corrected chi connectivity index (χ3v) is 4.34. The SMILES string of the molecule is CCC(CN)C(=O)C1CCOC2(CCC2)C1. The Morgan fingerprint density at radius 3 is 2.81 bits per heavy atom. The van der Waals surface area contributed by atoms with Gasteiger partial charge < -0.3 is 10.5 Å². The molecule has 1 aliphatic heterocycles. The monoisotopic (exact) mass is 225 g/mol. The van der Waals surface area contributed by atoms with Crippen molar-refractivity contribution in [1.82, 2.24) is 0 Å². The summed E-state index contributed by atoms with van der Waals surface area (Å²) < 4.78 is 5.85. The summed E-state index contributed by atoms with van der Waals surface area (Å²) in [4.78, 5) is 12.3. The lowest BCUT2D eigenvalue weighted by molar-refractivity contribution is -0.157. The van der Waals surface area contributed by atoms with E-state index in [1.54, 1.807) is 0 Å². The van der Waals surface area contributed by atoms with Crippen molar-refractivity contribution in [3.63, 3.8) is 0 Å². The third kappa shape index (κ3) is 2.16. The van der Waals surface area contributed by atoms with E-state index in [0.717, 1.165) is 38.7 Å². The molecule has 0 aromatic carbocycles. The second kappa shape index (κ2) is 4.84. The first-order valence-electron chi connectivity index (χ1n) is 6.58. The van der Waals surface area contributed by atoms with E-state index in [4.69, 9.17) is 10.5 Å². The topological polar surface area (TPSA) is 52.3 Å². The van der Waals surface area contributed by atoms with Crippen LogP contribution in [0, 0.1) is 11.8 Å². The van der Waals surface area contributed by atoms with E-state index in [2.05, 4.69) is 0 Å². The van der Waals surface area contributed by atoms with Gasteiger partial charge in [0.05, 0.1) is 5.60 Å². The zero-order valence-corrected chi connectivity index (χ0v) is 10.2. The molecule has 2 aliphatic rings. The van der Waals surface area contributed by atoms with Crippen molar-refractivity contribution < 1.29 is 9.53 Å². The van der Waals surface area contributed by atoms with Gasteiger partial charge in [-0.25, -0.2) is 0 Å². The minimum Gasteiger partial charge on any atom is -0.375 e. The lowest BCUT2D eigenvalue weighted by atomic mass is 9.70. The fourth-order valence-electron chi connectivity index (χ4n) is 3.01. The van der Waals surface area contributed by atoms with Gasteiger partial charge in [-0.15, -0.1) is 0 Å². The Balaban J connectivity index is 1.95. The fraction of sp³-hybridized carbons (Fsp3) is 0.923. The molecular weight excluding hydrogens is 202 g/mol. The highest BCUT2D eigenvalue weighted by Gasteiger charge is 2.44. The van der Waals surface area contributed by atoms with Crippen LogP contribution in [-0.2, 0) is 9.53 Å². The number of ketones is 1. The van der Waals surface area contributed by atoms with E-state index in [-0.39, 0.29) is 17.4 Å². The van der Waals surface area contributed by atoms with Crippen LogP contribution in [0.3, 0.4) is 0 Å². The van der Waals surface area contributed by atoms with E-state index in [9.17, 15) is 4.79 Å². The summed E-state index contributed by atoms with van der Waals surface area (Å²) in [7, 11) is 0. The molecule has 3 heteroatoms. The van der Waals surface area contributed by atoms with E-state index >= 15 is 0 Å². The molecule has 2 rings (SSSR count). The van der Waals surface area contributed by atoms with Crippen LogP contribution in [0.25, 0.3) is 0 Å². The van der Waals surface area contributed by atoms with Gasteiger partial charge >= 0.3 is 0 Å². The van der Waals surface area contributed by atoms with E-state index in [1.165, 1.54) is 6.42 Å². The molecule has 3 nitrogen and oxygen atoms in total. The van der Waals surface area contributed by atoms with Gasteiger partial charge in [-0.05, 0) is 38.5 Å². The van der Waals surface area contributed by atoms with Gasteiger partial charge in [-0.1, -0.05) is 6.92 Å². The molecule has 16 heavy (non-hydrogen) atoms. The minimum atomic E-state index is 0.0697. The fourth-order valence-corrected chi connectivity index (χ4v) is 3.01. The summed E-state index contributed by atoms with van der Waals surface area (Å²) in [5, 5.41) is 0. The van der Waals surface area contributed by atoms with Gasteiger partial charge in [0.1, 0.15) is 5.78 Å². The van der Waals surface area contributed by atoms with E-state index in [0.29, 0.717) is 12.3 Å². The second-order valence-electron chi connectivity index (χ2n) is 5.32. The van der Waals surface area contributed by atoms with E-state index < -0.39 is 0 Å². The standard InChI is InChI=1S/C13H23NO2/c1-2-10(9-14)12(15)11-4-7-16-13(8-11)5-3-6-13/h10-11H,2-9,14H2,1H3. The van der Waals surface area contributed by atoms with Gasteiger partial charge in [-0.3, -0.25) is 4.79 Å². The first kappa shape index (κ1) is 12.1. The quantitative estimate of drug-likeness (QED) is 0.795. The molecule has 0 aromatic rings. The molecular formula is C13H23NO2. The summed E-state index contributed by atoms with van der Waals surface area (Å²) in [5.74, 6) is 0.669. The number of hydrogen-bond acceptors (Lipinski definition) is 3. The smallest absolute Gasteiger partial charge is 0.140 e. The van der Waals surface area contributed by atoms with Crippen molar-refractivity contribution >= 4 is 5.78 Å². The van der Waals surface area contributed by atoms with E-state index in [1.807, 2.05) is 6.92 Å². The first-order chi connectivity index (χ1) is 7.71. The zero-order chi connectivity index (χ0) is 11.6. The van der Waals surface area contributed by atoms with Crippen LogP contribution in [0.2, 0.25) is 0 Å². The summed E-state index contributed by atoms with van der Waals surface area (Å²) in [6, 6.07) is 0. The van der Waals surface area contributed by atoms with Crippen molar-refractivity contribution in [2.24, 2.45) is 17.6 Å². The molecule has 1 spiro atoms. The Hall–Kier alpha value is -0.410. The molecule has 1 saturated carbocycles. The predicted molar refractivity (Wildman–Crippen MR) is 63.1 cm³/mol. The van der Waals surface area contributed by atoms with Crippen LogP contribution in [0.4, 0.5) is 0 Å². The lowest BCUT2D eigenvalue weighted by Crippen LogP contribution is -2.48. The molecule has 0 amide bonds. The van der Waals surface area contributed by atoms with Gasteiger partial charge in [0.25, 0.3) is 0 Å². The van der Waals surface area contributed by atoms with Crippen LogP contribution in [-0.4, -0.2) is 24.5 Å². The molecule has 0 bridgehead atoms. The molecule has 2 fully saturated rings. The van der Waals surface area contributed by atoms with Crippen LogP contribution < -0.4 is 5.73 Å². The highest BCUT2D eigenvalue weighted by atomic mass is 16.5. The Kier molecular flexibility index (Phi) is 3.65. The molecule has 2 atom stereocenters. The summed E-state index contributed by atoms with van der Waals surface area (Å²) >= 11 is 0. The number of Topliss-reactive ketones (excluding diaryl/α,β-unsaturated/α-hetero) is 1. The molecule has 0 aromatic heterocycles. The second-order valence-corrected chi connectivity index (χ2v) is 5.32. The number of carbonyl (C=O) groups is 1. The molecule has 1 saturated heterocycles. The number of hydrogen-bond donors (Lipinski definition) is 1. The van der Waals surface area contributed by atoms with Crippen LogP contribution in [0.1, 0.15) is 45.4 Å². The molecule has 0 radical (unpaired) electrons. The highest BCUT2D eigenvalue weighted by molar-refractivity contribution is 5.83. The first-order valence-corrected chi connectivity index (χ1v) is 6.58. The van der Waals surface area contributed by atoms with Crippen molar-refractivity contribution in [1.29, 1.82) is 0 Å². The average molecular weight is 225 g/mol. The van der Waals surface area contributed by atoms with Crippen molar-refractivity contribution in [2.75, 3.05) is 13.2 Å². The predicted octanol–water partition coefficient (Wildman–Crippen LogP) is 1.89. The molecule has 1 heterocycles. The Labute approximate surface area is 97.7 Å². The maximum Gasteiger partial charge on any atom is 0.140 e. The largest absolute Gasteiger partial charge is 0.375 e. The van der Waals surface area contributed by atoms with Crippen molar-refractivity contribution in [3.05, 3.63) is 0 Å². The van der Waals surface area contributed by atoms with Gasteiger partial charge in [0.15, 0.2) is 0 Å². The van der Waals surface area contributed by atoms with Crippen LogP contribution in [0.5, 0.6) is 0 Å². The van der Waals surface area contributed by atoms with Crippen LogP contribution in [0.15, 0.2) is 0 Å². The van der Waals surface area contributed by atoms with Crippen molar-refractivity contribution in [2.45, 2.75) is 51.0 Å². The Morgan fingerprint density at radius 1 is 1.56 bits per heavy atom. The maximum absolute atomic E-state index is 12.3. The summed E-state index contributed by atoms with van der Waals surface area (Å²) in [6.45, 7) is 3.31. The van der Waals surface area contributed by atoms with Crippen molar-refractivity contribution in [3.8, 4) is 0 Å².